The van der Waals surface area contributed by atoms with Crippen molar-refractivity contribution in [2.24, 2.45) is 5.92 Å². The van der Waals surface area contributed by atoms with E-state index in [0.29, 0.717) is 5.92 Å². The summed E-state index contributed by atoms with van der Waals surface area (Å²) in [6, 6.07) is 8.32. The lowest BCUT2D eigenvalue weighted by molar-refractivity contribution is 0.557. The first-order valence-corrected chi connectivity index (χ1v) is 8.07. The molecule has 0 saturated carbocycles. The molecule has 0 aliphatic heterocycles. The van der Waals surface area contributed by atoms with Gasteiger partial charge in [-0.3, -0.25) is 4.98 Å². The zero-order valence-electron chi connectivity index (χ0n) is 14.4. The van der Waals surface area contributed by atoms with Crippen molar-refractivity contribution < 1.29 is 0 Å². The lowest BCUT2D eigenvalue weighted by Crippen LogP contribution is -2.27. The highest BCUT2D eigenvalue weighted by atomic mass is 15.0. The van der Waals surface area contributed by atoms with Crippen LogP contribution >= 0.6 is 0 Å². The fourth-order valence-corrected chi connectivity index (χ4v) is 2.32. The Balaban J connectivity index is 2.38. The van der Waals surface area contributed by atoms with Crippen LogP contribution in [0.25, 0.3) is 11.3 Å². The number of nitrogens with one attached hydrogen (secondary N) is 1. The molecule has 2 aromatic rings. The Morgan fingerprint density at radius 2 is 1.77 bits per heavy atom. The van der Waals surface area contributed by atoms with Gasteiger partial charge in [0.25, 0.3) is 0 Å². The summed E-state index contributed by atoms with van der Waals surface area (Å²) in [4.78, 5) is 8.95. The Morgan fingerprint density at radius 3 is 2.36 bits per heavy atom. The summed E-state index contributed by atoms with van der Waals surface area (Å²) in [5.41, 5.74) is 3.37. The molecule has 0 fully saturated rings. The number of aromatic nitrogens is 2. The van der Waals surface area contributed by atoms with Crippen LogP contribution in [0.15, 0.2) is 36.7 Å². The molecule has 0 spiro atoms. The fourth-order valence-electron chi connectivity index (χ4n) is 2.32. The van der Waals surface area contributed by atoms with Crippen LogP contribution in [0.4, 0.5) is 5.82 Å². The van der Waals surface area contributed by atoms with E-state index in [2.05, 4.69) is 57.1 Å². The summed E-state index contributed by atoms with van der Waals surface area (Å²) < 4.78 is 0. The van der Waals surface area contributed by atoms with Crippen LogP contribution in [0.2, 0.25) is 0 Å². The maximum absolute atomic E-state index is 4.88. The number of nitrogens with zero attached hydrogens (tertiary/aromatic N) is 2. The highest BCUT2D eigenvalue weighted by Crippen LogP contribution is 2.26. The van der Waals surface area contributed by atoms with Crippen LogP contribution in [0, 0.1) is 5.92 Å². The van der Waals surface area contributed by atoms with Crippen LogP contribution in [0.3, 0.4) is 0 Å². The largest absolute Gasteiger partial charge is 0.365 e. The number of pyridine rings is 2. The van der Waals surface area contributed by atoms with Gasteiger partial charge in [0.2, 0.25) is 0 Å². The molecule has 0 aromatic carbocycles. The quantitative estimate of drug-likeness (QED) is 0.849. The van der Waals surface area contributed by atoms with Crippen LogP contribution in [0.5, 0.6) is 0 Å². The third-order valence-corrected chi connectivity index (χ3v) is 3.71. The van der Waals surface area contributed by atoms with Crippen molar-refractivity contribution in [3.63, 3.8) is 0 Å². The van der Waals surface area contributed by atoms with Crippen molar-refractivity contribution in [1.82, 2.24) is 9.97 Å². The smallest absolute Gasteiger partial charge is 0.130 e. The Hall–Kier alpha value is -1.90. The molecule has 3 heteroatoms. The molecule has 3 nitrogen and oxygen atoms in total. The number of rotatable bonds is 5. The third kappa shape index (κ3) is 4.55. The summed E-state index contributed by atoms with van der Waals surface area (Å²) in [6.45, 7) is 11.0. The Bertz CT molecular complexity index is 600. The van der Waals surface area contributed by atoms with E-state index in [1.165, 1.54) is 12.0 Å². The SMILES string of the molecule is CCC(C)Cc1ccc(-c2ccncc2)nc1NC(C)(C)C. The zero-order chi connectivity index (χ0) is 16.2. The van der Waals surface area contributed by atoms with Gasteiger partial charge >= 0.3 is 0 Å². The average molecular weight is 297 g/mol. The van der Waals surface area contributed by atoms with Crippen LogP contribution in [-0.2, 0) is 6.42 Å². The fraction of sp³-hybridized carbons (Fsp3) is 0.474. The Kier molecular flexibility index (Phi) is 5.17. The van der Waals surface area contributed by atoms with E-state index in [1.807, 2.05) is 12.1 Å². The Labute approximate surface area is 134 Å². The van der Waals surface area contributed by atoms with Crippen molar-refractivity contribution in [2.75, 3.05) is 5.32 Å². The van der Waals surface area contributed by atoms with E-state index < -0.39 is 0 Å². The molecule has 0 aliphatic carbocycles. The van der Waals surface area contributed by atoms with Gasteiger partial charge < -0.3 is 5.32 Å². The minimum Gasteiger partial charge on any atom is -0.365 e. The summed E-state index contributed by atoms with van der Waals surface area (Å²) in [7, 11) is 0. The van der Waals surface area contributed by atoms with Gasteiger partial charge in [0.15, 0.2) is 0 Å². The molecule has 118 valence electrons. The van der Waals surface area contributed by atoms with Gasteiger partial charge in [0, 0.05) is 23.5 Å². The molecule has 0 amide bonds. The third-order valence-electron chi connectivity index (χ3n) is 3.71. The van der Waals surface area contributed by atoms with Crippen molar-refractivity contribution in [3.8, 4) is 11.3 Å². The molecule has 2 aromatic heterocycles. The average Bonchev–Trinajstić information content (AvgIpc) is 2.48. The molecule has 1 atom stereocenters. The first-order chi connectivity index (χ1) is 10.4. The minimum absolute atomic E-state index is 0.00588. The number of anilines is 1. The highest BCUT2D eigenvalue weighted by Gasteiger charge is 2.16. The lowest BCUT2D eigenvalue weighted by atomic mass is 9.98. The van der Waals surface area contributed by atoms with E-state index in [4.69, 9.17) is 4.98 Å². The van der Waals surface area contributed by atoms with Crippen molar-refractivity contribution in [3.05, 3.63) is 42.2 Å². The normalized spacial score (nSPS) is 13.0. The van der Waals surface area contributed by atoms with E-state index in [-0.39, 0.29) is 5.54 Å². The van der Waals surface area contributed by atoms with Gasteiger partial charge in [-0.05, 0) is 56.9 Å². The molecule has 1 unspecified atom stereocenters. The monoisotopic (exact) mass is 297 g/mol. The zero-order valence-corrected chi connectivity index (χ0v) is 14.4. The predicted octanol–water partition coefficient (Wildman–Crippen LogP) is 4.94. The molecule has 22 heavy (non-hydrogen) atoms. The number of hydrogen-bond donors (Lipinski definition) is 1. The van der Waals surface area contributed by atoms with Crippen LogP contribution < -0.4 is 5.32 Å². The van der Waals surface area contributed by atoms with Crippen molar-refractivity contribution in [1.29, 1.82) is 0 Å². The molecular formula is C19H27N3. The van der Waals surface area contributed by atoms with Gasteiger partial charge in [-0.2, -0.15) is 0 Å². The van der Waals surface area contributed by atoms with Crippen LogP contribution in [0.1, 0.15) is 46.6 Å². The maximum atomic E-state index is 4.88. The first kappa shape index (κ1) is 16.5. The van der Waals surface area contributed by atoms with E-state index in [1.54, 1.807) is 12.4 Å². The highest BCUT2D eigenvalue weighted by molar-refractivity contribution is 5.62. The topological polar surface area (TPSA) is 37.8 Å². The van der Waals surface area contributed by atoms with Gasteiger partial charge in [-0.25, -0.2) is 4.98 Å². The Morgan fingerprint density at radius 1 is 1.09 bits per heavy atom. The van der Waals surface area contributed by atoms with Gasteiger partial charge in [0.05, 0.1) is 5.69 Å². The molecular weight excluding hydrogens is 270 g/mol. The van der Waals surface area contributed by atoms with Crippen LogP contribution in [-0.4, -0.2) is 15.5 Å². The molecule has 1 N–H and O–H groups in total. The molecule has 0 saturated heterocycles. The maximum Gasteiger partial charge on any atom is 0.130 e. The lowest BCUT2D eigenvalue weighted by Gasteiger charge is -2.24. The van der Waals surface area contributed by atoms with Gasteiger partial charge in [0.1, 0.15) is 5.82 Å². The van der Waals surface area contributed by atoms with E-state index >= 15 is 0 Å². The summed E-state index contributed by atoms with van der Waals surface area (Å²) in [5.74, 6) is 1.66. The molecule has 0 bridgehead atoms. The van der Waals surface area contributed by atoms with E-state index in [0.717, 1.165) is 23.5 Å². The van der Waals surface area contributed by atoms with Crippen molar-refractivity contribution in [2.45, 2.75) is 53.0 Å². The summed E-state index contributed by atoms with van der Waals surface area (Å²) >= 11 is 0. The molecule has 0 radical (unpaired) electrons. The number of hydrogen-bond acceptors (Lipinski definition) is 3. The van der Waals surface area contributed by atoms with Gasteiger partial charge in [-0.1, -0.05) is 26.3 Å². The molecule has 0 aliphatic rings. The van der Waals surface area contributed by atoms with E-state index in [9.17, 15) is 0 Å². The van der Waals surface area contributed by atoms with Gasteiger partial charge in [-0.15, -0.1) is 0 Å². The second-order valence-corrected chi connectivity index (χ2v) is 7.03. The van der Waals surface area contributed by atoms with Crippen molar-refractivity contribution >= 4 is 5.82 Å². The minimum atomic E-state index is -0.00588. The standard InChI is InChI=1S/C19H27N3/c1-6-14(2)13-16-7-8-17(15-9-11-20-12-10-15)21-18(16)22-19(3,4)5/h7-12,14H,6,13H2,1-5H3,(H,21,22). The molecule has 2 rings (SSSR count). The predicted molar refractivity (Wildman–Crippen MR) is 94.0 cm³/mol. The first-order valence-electron chi connectivity index (χ1n) is 8.07. The summed E-state index contributed by atoms with van der Waals surface area (Å²) in [6.07, 6.45) is 5.85. The second-order valence-electron chi connectivity index (χ2n) is 7.03. The second kappa shape index (κ2) is 6.91. The molecule has 2 heterocycles. The summed E-state index contributed by atoms with van der Waals surface area (Å²) in [5, 5.41) is 3.56.